The van der Waals surface area contributed by atoms with Gasteiger partial charge in [0.2, 0.25) is 5.91 Å². The molecule has 1 aromatic rings. The first kappa shape index (κ1) is 5.92. The molecule has 2 heterocycles. The molecule has 0 saturated heterocycles. The maximum atomic E-state index is 10.8. The topological polar surface area (TPSA) is 29.1 Å². The largest absolute Gasteiger partial charge is 0.325 e. The van der Waals surface area contributed by atoms with Gasteiger partial charge in [-0.1, -0.05) is 0 Å². The Morgan fingerprint density at radius 3 is 3.20 bits per heavy atom. The van der Waals surface area contributed by atoms with E-state index >= 15 is 0 Å². The molecule has 0 saturated carbocycles. The second-order valence-corrected chi connectivity index (χ2v) is 3.50. The Hall–Kier alpha value is -0.830. The molecule has 1 amide bonds. The lowest BCUT2D eigenvalue weighted by atomic mass is 10.2. The Labute approximate surface area is 62.9 Å². The van der Waals surface area contributed by atoms with Gasteiger partial charge in [0.1, 0.15) is 0 Å². The molecule has 10 heavy (non-hydrogen) atoms. The van der Waals surface area contributed by atoms with E-state index in [9.17, 15) is 4.79 Å². The van der Waals surface area contributed by atoms with Crippen LogP contribution >= 0.6 is 11.3 Å². The highest BCUT2D eigenvalue weighted by Crippen LogP contribution is 2.31. The summed E-state index contributed by atoms with van der Waals surface area (Å²) in [7, 11) is 0. The highest BCUT2D eigenvalue weighted by molar-refractivity contribution is 7.10. The summed E-state index contributed by atoms with van der Waals surface area (Å²) < 4.78 is 0. The van der Waals surface area contributed by atoms with Gasteiger partial charge >= 0.3 is 0 Å². The van der Waals surface area contributed by atoms with E-state index in [1.165, 1.54) is 4.88 Å². The second kappa shape index (κ2) is 1.83. The van der Waals surface area contributed by atoms with Crippen molar-refractivity contribution in [1.29, 1.82) is 0 Å². The normalized spacial score (nSPS) is 15.1. The van der Waals surface area contributed by atoms with Crippen molar-refractivity contribution < 1.29 is 4.79 Å². The van der Waals surface area contributed by atoms with Gasteiger partial charge in [-0.25, -0.2) is 0 Å². The lowest BCUT2D eigenvalue weighted by molar-refractivity contribution is -0.115. The summed E-state index contributed by atoms with van der Waals surface area (Å²) in [5, 5.41) is 4.86. The van der Waals surface area contributed by atoms with Gasteiger partial charge < -0.3 is 5.32 Å². The van der Waals surface area contributed by atoms with Crippen molar-refractivity contribution in [1.82, 2.24) is 0 Å². The third kappa shape index (κ3) is 0.671. The number of carbonyl (C=O) groups excluding carboxylic acids is 1. The molecular weight excluding hydrogens is 146 g/mol. The maximum absolute atomic E-state index is 10.8. The summed E-state index contributed by atoms with van der Waals surface area (Å²) in [5.74, 6) is 0.126. The molecule has 0 spiro atoms. The van der Waals surface area contributed by atoms with Crippen molar-refractivity contribution in [2.24, 2.45) is 0 Å². The van der Waals surface area contributed by atoms with Crippen LogP contribution < -0.4 is 5.32 Å². The summed E-state index contributed by atoms with van der Waals surface area (Å²) in [6.45, 7) is 2.02. The van der Waals surface area contributed by atoms with Crippen LogP contribution in [0, 0.1) is 6.92 Å². The summed E-state index contributed by atoms with van der Waals surface area (Å²) >= 11 is 1.69. The van der Waals surface area contributed by atoms with Crippen molar-refractivity contribution in [3.63, 3.8) is 0 Å². The van der Waals surface area contributed by atoms with Gasteiger partial charge in [-0.3, -0.25) is 4.79 Å². The Morgan fingerprint density at radius 2 is 2.50 bits per heavy atom. The second-order valence-electron chi connectivity index (χ2n) is 2.42. The Morgan fingerprint density at radius 1 is 1.70 bits per heavy atom. The zero-order valence-electron chi connectivity index (χ0n) is 5.60. The number of aryl methyl sites for hydroxylation is 1. The lowest BCUT2D eigenvalue weighted by Gasteiger charge is -1.91. The minimum absolute atomic E-state index is 0.126. The third-order valence-electron chi connectivity index (χ3n) is 1.67. The van der Waals surface area contributed by atoms with E-state index in [-0.39, 0.29) is 5.91 Å². The molecule has 1 aromatic heterocycles. The summed E-state index contributed by atoms with van der Waals surface area (Å²) in [5.41, 5.74) is 2.21. The highest BCUT2D eigenvalue weighted by atomic mass is 32.1. The SMILES string of the molecule is Cc1scc2c1NC(=O)C2. The maximum Gasteiger partial charge on any atom is 0.228 e. The Balaban J connectivity index is 2.53. The fourth-order valence-corrected chi connectivity index (χ4v) is 1.98. The van der Waals surface area contributed by atoms with E-state index in [1.807, 2.05) is 12.3 Å². The molecule has 0 aromatic carbocycles. The molecule has 0 aliphatic carbocycles. The number of hydrogen-bond donors (Lipinski definition) is 1. The van der Waals surface area contributed by atoms with E-state index in [0.717, 1.165) is 11.3 Å². The molecule has 1 aliphatic heterocycles. The summed E-state index contributed by atoms with van der Waals surface area (Å²) in [6.07, 6.45) is 0.569. The molecule has 0 radical (unpaired) electrons. The summed E-state index contributed by atoms with van der Waals surface area (Å²) in [6, 6.07) is 0. The Kier molecular flexibility index (Phi) is 1.08. The van der Waals surface area contributed by atoms with Crippen LogP contribution in [0.25, 0.3) is 0 Å². The number of rotatable bonds is 0. The fraction of sp³-hybridized carbons (Fsp3) is 0.286. The smallest absolute Gasteiger partial charge is 0.228 e. The van der Waals surface area contributed by atoms with E-state index < -0.39 is 0 Å². The number of hydrogen-bond acceptors (Lipinski definition) is 2. The molecule has 2 nitrogen and oxygen atoms in total. The summed E-state index contributed by atoms with van der Waals surface area (Å²) in [4.78, 5) is 12.0. The van der Waals surface area contributed by atoms with E-state index in [1.54, 1.807) is 11.3 Å². The number of thiophene rings is 1. The fourth-order valence-electron chi connectivity index (χ4n) is 1.16. The van der Waals surface area contributed by atoms with Gasteiger partial charge in [0, 0.05) is 4.88 Å². The van der Waals surface area contributed by atoms with E-state index in [4.69, 9.17) is 0 Å². The van der Waals surface area contributed by atoms with Gasteiger partial charge in [0.25, 0.3) is 0 Å². The van der Waals surface area contributed by atoms with Crippen LogP contribution in [0.4, 0.5) is 5.69 Å². The van der Waals surface area contributed by atoms with Crippen LogP contribution in [-0.2, 0) is 11.2 Å². The molecule has 1 N–H and O–H groups in total. The number of carbonyl (C=O) groups is 1. The first-order valence-electron chi connectivity index (χ1n) is 3.14. The molecule has 0 atom stereocenters. The van der Waals surface area contributed by atoms with Crippen molar-refractivity contribution in [2.45, 2.75) is 13.3 Å². The number of nitrogens with one attached hydrogen (secondary N) is 1. The molecule has 3 heteroatoms. The van der Waals surface area contributed by atoms with Crippen LogP contribution in [0.15, 0.2) is 5.38 Å². The van der Waals surface area contributed by atoms with E-state index in [2.05, 4.69) is 5.32 Å². The molecular formula is C7H7NOS. The number of fused-ring (bicyclic) bond motifs is 1. The van der Waals surface area contributed by atoms with Gasteiger partial charge in [-0.2, -0.15) is 0 Å². The number of anilines is 1. The van der Waals surface area contributed by atoms with Gasteiger partial charge in [0.05, 0.1) is 12.1 Å². The van der Waals surface area contributed by atoms with Crippen molar-refractivity contribution in [3.8, 4) is 0 Å². The van der Waals surface area contributed by atoms with Crippen molar-refractivity contribution in [2.75, 3.05) is 5.32 Å². The van der Waals surface area contributed by atoms with Crippen LogP contribution in [0.3, 0.4) is 0 Å². The minimum Gasteiger partial charge on any atom is -0.325 e. The van der Waals surface area contributed by atoms with Crippen LogP contribution in [-0.4, -0.2) is 5.91 Å². The molecule has 52 valence electrons. The minimum atomic E-state index is 0.126. The van der Waals surface area contributed by atoms with Crippen LogP contribution in [0.2, 0.25) is 0 Å². The first-order chi connectivity index (χ1) is 4.77. The van der Waals surface area contributed by atoms with Gasteiger partial charge in [-0.05, 0) is 17.9 Å². The highest BCUT2D eigenvalue weighted by Gasteiger charge is 2.20. The average molecular weight is 153 g/mol. The predicted molar refractivity (Wildman–Crippen MR) is 41.4 cm³/mol. The zero-order chi connectivity index (χ0) is 7.14. The molecule has 0 unspecified atom stereocenters. The van der Waals surface area contributed by atoms with Gasteiger partial charge in [-0.15, -0.1) is 11.3 Å². The van der Waals surface area contributed by atoms with Crippen molar-refractivity contribution in [3.05, 3.63) is 15.8 Å². The predicted octanol–water partition coefficient (Wildman–Crippen LogP) is 1.55. The zero-order valence-corrected chi connectivity index (χ0v) is 6.42. The molecule has 2 rings (SSSR count). The monoisotopic (exact) mass is 153 g/mol. The molecule has 0 fully saturated rings. The van der Waals surface area contributed by atoms with Crippen LogP contribution in [0.5, 0.6) is 0 Å². The molecule has 1 aliphatic rings. The van der Waals surface area contributed by atoms with Gasteiger partial charge in [0.15, 0.2) is 0 Å². The standard InChI is InChI=1S/C7H7NOS/c1-4-7-5(3-10-4)2-6(9)8-7/h3H,2H2,1H3,(H,8,9). The Bertz CT molecular complexity index is 290. The number of amides is 1. The van der Waals surface area contributed by atoms with Crippen molar-refractivity contribution >= 4 is 22.9 Å². The molecule has 0 bridgehead atoms. The van der Waals surface area contributed by atoms with E-state index in [0.29, 0.717) is 6.42 Å². The van der Waals surface area contributed by atoms with Crippen LogP contribution in [0.1, 0.15) is 10.4 Å². The third-order valence-corrected chi connectivity index (χ3v) is 2.63. The average Bonchev–Trinajstić information content (AvgIpc) is 2.35. The first-order valence-corrected chi connectivity index (χ1v) is 4.02. The lowest BCUT2D eigenvalue weighted by Crippen LogP contribution is -2.04. The quantitative estimate of drug-likeness (QED) is 0.602.